The van der Waals surface area contributed by atoms with Crippen LogP contribution in [0.4, 0.5) is 90.7 Å². The van der Waals surface area contributed by atoms with Gasteiger partial charge in [-0.1, -0.05) is 18.2 Å². The van der Waals surface area contributed by atoms with Crippen LogP contribution in [0.15, 0.2) is 30.3 Å². The summed E-state index contributed by atoms with van der Waals surface area (Å²) in [5, 5.41) is 1.37. The summed E-state index contributed by atoms with van der Waals surface area (Å²) >= 11 is 0. The van der Waals surface area contributed by atoms with E-state index in [0.717, 1.165) is 30.3 Å². The second kappa shape index (κ2) is 9.17. The fourth-order valence-electron chi connectivity index (χ4n) is 3.14. The molecule has 220 valence electrons. The highest BCUT2D eigenvalue weighted by Gasteiger charge is 2.89. The molecule has 1 N–H and O–H groups in total. The van der Waals surface area contributed by atoms with Crippen molar-refractivity contribution < 1.29 is 79.0 Å². The molecular weight excluding hydrogens is 602 g/mol. The summed E-state index contributed by atoms with van der Waals surface area (Å²) in [5.74, 6) is -10.4. The topological polar surface area (TPSA) is 50.7 Å². The Bertz CT molecular complexity index is 1010. The van der Waals surface area contributed by atoms with Crippen molar-refractivity contribution in [1.29, 1.82) is 0 Å². The molecule has 0 amide bonds. The summed E-state index contributed by atoms with van der Waals surface area (Å²) in [5.41, 5.74) is -15.7. The van der Waals surface area contributed by atoms with E-state index in [9.17, 15) is 79.0 Å². The van der Waals surface area contributed by atoms with Crippen LogP contribution in [0.2, 0.25) is 0 Å². The van der Waals surface area contributed by atoms with Gasteiger partial charge < -0.3 is 5.32 Å². The number of hydrogen-bond acceptors (Lipinski definition) is 4. The molecule has 1 heterocycles. The number of para-hydroxylation sites is 1. The first-order valence-electron chi connectivity index (χ1n) is 9.15. The average molecular weight is 608 g/mol. The second-order valence-electron chi connectivity index (χ2n) is 7.28. The molecule has 2 rings (SSSR count). The quantitative estimate of drug-likeness (QED) is 0.367. The van der Waals surface area contributed by atoms with Crippen molar-refractivity contribution in [2.45, 2.75) is 47.9 Å². The Morgan fingerprint density at radius 1 is 0.410 bits per heavy atom. The molecule has 4 nitrogen and oxygen atoms in total. The van der Waals surface area contributed by atoms with E-state index < -0.39 is 71.2 Å². The van der Waals surface area contributed by atoms with Crippen molar-refractivity contribution >= 4 is 11.6 Å². The van der Waals surface area contributed by atoms with Gasteiger partial charge in [-0.3, -0.25) is 0 Å². The minimum Gasteiger partial charge on any atom is -0.324 e. The zero-order valence-electron chi connectivity index (χ0n) is 17.5. The molecule has 22 heteroatoms. The van der Waals surface area contributed by atoms with Crippen LogP contribution in [0, 0.1) is 0 Å². The highest BCUT2D eigenvalue weighted by Crippen LogP contribution is 2.62. The highest BCUT2D eigenvalue weighted by atomic mass is 19.4. The van der Waals surface area contributed by atoms with E-state index in [2.05, 4.69) is 9.97 Å². The molecule has 0 fully saturated rings. The molecule has 0 aliphatic carbocycles. The molecule has 0 aliphatic rings. The monoisotopic (exact) mass is 608 g/mol. The molecule has 39 heavy (non-hydrogen) atoms. The number of anilines is 2. The Balaban J connectivity index is 3.27. The third kappa shape index (κ3) is 4.96. The lowest BCUT2D eigenvalue weighted by atomic mass is 9.82. The molecule has 1 aromatic carbocycles. The molecular formula is C17H6F18N4. The molecule has 0 radical (unpaired) electrons. The standard InChI is InChI=1S/C17H6F18N4/c18-12(19,20)10(13(21,22)23,14(24,25)26)7-37-8(39-9(38-7)36-6-4-2-1-3-5-6)11(15(27,28)29,16(30,31)32)17(33,34)35/h1-5H,(H,36,37,38,39). The highest BCUT2D eigenvalue weighted by molar-refractivity contribution is 5.53. The summed E-state index contributed by atoms with van der Waals surface area (Å²) in [4.78, 5) is 5.47. The minimum atomic E-state index is -7.73. The first-order valence-corrected chi connectivity index (χ1v) is 9.15. The first kappa shape index (κ1) is 32.0. The summed E-state index contributed by atoms with van der Waals surface area (Å²) in [6.07, 6.45) is -46.4. The largest absolute Gasteiger partial charge is 0.419 e. The van der Waals surface area contributed by atoms with E-state index in [1.54, 1.807) is 0 Å². The summed E-state index contributed by atoms with van der Waals surface area (Å²) in [6, 6.07) is 4.53. The van der Waals surface area contributed by atoms with Crippen LogP contribution in [0.5, 0.6) is 0 Å². The number of nitrogens with one attached hydrogen (secondary N) is 1. The van der Waals surface area contributed by atoms with Gasteiger partial charge in [0.2, 0.25) is 5.95 Å². The Kier molecular flexibility index (Phi) is 7.52. The minimum absolute atomic E-state index is 0.714. The van der Waals surface area contributed by atoms with Gasteiger partial charge in [-0.2, -0.15) is 89.0 Å². The van der Waals surface area contributed by atoms with Gasteiger partial charge in [-0.05, 0) is 12.1 Å². The Morgan fingerprint density at radius 2 is 0.692 bits per heavy atom. The zero-order chi connectivity index (χ0) is 30.7. The van der Waals surface area contributed by atoms with Gasteiger partial charge in [0.25, 0.3) is 0 Å². The van der Waals surface area contributed by atoms with Crippen molar-refractivity contribution in [1.82, 2.24) is 15.0 Å². The Morgan fingerprint density at radius 3 is 0.949 bits per heavy atom. The van der Waals surface area contributed by atoms with E-state index in [4.69, 9.17) is 0 Å². The fourth-order valence-corrected chi connectivity index (χ4v) is 3.14. The molecule has 0 spiro atoms. The molecule has 2 aromatic rings. The normalized spacial score (nSPS) is 14.9. The van der Waals surface area contributed by atoms with Gasteiger partial charge in [0.1, 0.15) is 0 Å². The van der Waals surface area contributed by atoms with Crippen LogP contribution in [0.1, 0.15) is 11.6 Å². The third-order valence-corrected chi connectivity index (χ3v) is 4.89. The van der Waals surface area contributed by atoms with Crippen molar-refractivity contribution in [3.8, 4) is 0 Å². The average Bonchev–Trinajstić information content (AvgIpc) is 2.62. The fraction of sp³-hybridized carbons (Fsp3) is 0.471. The van der Waals surface area contributed by atoms with Gasteiger partial charge in [0, 0.05) is 5.69 Å². The van der Waals surface area contributed by atoms with Crippen molar-refractivity contribution in [3.63, 3.8) is 0 Å². The van der Waals surface area contributed by atoms with Crippen LogP contribution in [-0.4, -0.2) is 52.0 Å². The van der Waals surface area contributed by atoms with E-state index in [-0.39, 0.29) is 0 Å². The number of hydrogen-bond donors (Lipinski definition) is 1. The zero-order valence-corrected chi connectivity index (χ0v) is 17.5. The van der Waals surface area contributed by atoms with Crippen molar-refractivity contribution in [2.75, 3.05) is 5.32 Å². The van der Waals surface area contributed by atoms with E-state index in [0.29, 0.717) is 0 Å². The predicted octanol–water partition coefficient (Wildman–Crippen LogP) is 7.46. The van der Waals surface area contributed by atoms with Gasteiger partial charge >= 0.3 is 47.9 Å². The summed E-state index contributed by atoms with van der Waals surface area (Å²) in [6.45, 7) is 0. The SMILES string of the molecule is FC(F)(F)C(c1nc(Nc2ccccc2)nc(C(C(F)(F)F)(C(F)(F)F)C(F)(F)F)n1)(C(F)(F)F)C(F)(F)F. The predicted molar refractivity (Wildman–Crippen MR) is 89.2 cm³/mol. The maximum Gasteiger partial charge on any atom is 0.419 e. The van der Waals surface area contributed by atoms with Crippen LogP contribution in [-0.2, 0) is 10.8 Å². The third-order valence-electron chi connectivity index (χ3n) is 4.89. The number of aromatic nitrogens is 3. The summed E-state index contributed by atoms with van der Waals surface area (Å²) in [7, 11) is 0. The van der Waals surface area contributed by atoms with E-state index >= 15 is 0 Å². The second-order valence-corrected chi connectivity index (χ2v) is 7.28. The Hall–Kier alpha value is -3.23. The number of rotatable bonds is 4. The molecule has 0 unspecified atom stereocenters. The number of nitrogens with zero attached hydrogens (tertiary/aromatic N) is 3. The Labute approximate surface area is 202 Å². The van der Waals surface area contributed by atoms with Gasteiger partial charge in [0.15, 0.2) is 11.6 Å². The lowest BCUT2D eigenvalue weighted by Gasteiger charge is -2.39. The van der Waals surface area contributed by atoms with Crippen LogP contribution in [0.25, 0.3) is 0 Å². The smallest absolute Gasteiger partial charge is 0.324 e. The van der Waals surface area contributed by atoms with Crippen molar-refractivity contribution in [2.24, 2.45) is 0 Å². The summed E-state index contributed by atoms with van der Waals surface area (Å²) < 4.78 is 243. The molecule has 0 aliphatic heterocycles. The lowest BCUT2D eigenvalue weighted by Crippen LogP contribution is -2.66. The molecule has 1 aromatic heterocycles. The number of halogens is 18. The lowest BCUT2D eigenvalue weighted by molar-refractivity contribution is -0.391. The van der Waals surface area contributed by atoms with E-state index in [1.807, 2.05) is 0 Å². The molecule has 0 saturated heterocycles. The number of benzene rings is 1. The maximum absolute atomic E-state index is 13.5. The van der Waals surface area contributed by atoms with Crippen LogP contribution >= 0.6 is 0 Å². The van der Waals surface area contributed by atoms with Gasteiger partial charge in [-0.15, -0.1) is 0 Å². The van der Waals surface area contributed by atoms with Crippen molar-refractivity contribution in [3.05, 3.63) is 42.0 Å². The first-order chi connectivity index (χ1) is 17.2. The van der Waals surface area contributed by atoms with Crippen LogP contribution in [0.3, 0.4) is 0 Å². The maximum atomic E-state index is 13.5. The van der Waals surface area contributed by atoms with E-state index in [1.165, 1.54) is 10.3 Å². The van der Waals surface area contributed by atoms with Gasteiger partial charge in [-0.25, -0.2) is 4.98 Å². The van der Waals surface area contributed by atoms with Crippen LogP contribution < -0.4 is 5.32 Å². The number of alkyl halides is 18. The van der Waals surface area contributed by atoms with Gasteiger partial charge in [0.05, 0.1) is 0 Å². The molecule has 0 bridgehead atoms. The molecule has 0 atom stereocenters. The molecule has 0 saturated carbocycles.